The van der Waals surface area contributed by atoms with Gasteiger partial charge in [0.05, 0.1) is 12.1 Å². The van der Waals surface area contributed by atoms with Gasteiger partial charge in [-0.15, -0.1) is 0 Å². The molecule has 0 saturated heterocycles. The van der Waals surface area contributed by atoms with Crippen LogP contribution in [0.2, 0.25) is 0 Å². The summed E-state index contributed by atoms with van der Waals surface area (Å²) in [6, 6.07) is -4.85. The number of guanidine groups is 2. The van der Waals surface area contributed by atoms with Gasteiger partial charge in [0.15, 0.2) is 11.9 Å². The maximum atomic E-state index is 12.8. The molecular formula is C19H38N10O6. The Hall–Kier alpha value is -3.66. The predicted octanol–water partition coefficient (Wildman–Crippen LogP) is -4.64. The molecule has 0 aliphatic carbocycles. The molecule has 0 bridgehead atoms. The minimum atomic E-state index is -1.43. The van der Waals surface area contributed by atoms with Crippen LogP contribution in [-0.4, -0.2) is 89.2 Å². The van der Waals surface area contributed by atoms with Gasteiger partial charge in [0.1, 0.15) is 18.1 Å². The third-order valence-corrected chi connectivity index (χ3v) is 4.67. The zero-order valence-electron chi connectivity index (χ0n) is 19.9. The number of rotatable bonds is 16. The molecule has 0 aliphatic heterocycles. The number of aliphatic carboxylic acids is 1. The molecule has 5 unspecified atom stereocenters. The highest BCUT2D eigenvalue weighted by molar-refractivity contribution is 5.94. The minimum absolute atomic E-state index is 0.0471. The molecule has 3 amide bonds. The fraction of sp³-hybridized carbons (Fsp3) is 0.684. The number of hydrogen-bond acceptors (Lipinski definition) is 8. The number of aliphatic hydroxyl groups is 1. The lowest BCUT2D eigenvalue weighted by atomic mass is 10.1. The zero-order valence-corrected chi connectivity index (χ0v) is 19.9. The summed E-state index contributed by atoms with van der Waals surface area (Å²) < 4.78 is 0. The lowest BCUT2D eigenvalue weighted by Crippen LogP contribution is -2.59. The smallest absolute Gasteiger partial charge is 0.325 e. The van der Waals surface area contributed by atoms with Crippen molar-refractivity contribution in [3.63, 3.8) is 0 Å². The van der Waals surface area contributed by atoms with Gasteiger partial charge in [-0.05, 0) is 39.5 Å². The second kappa shape index (κ2) is 16.0. The van der Waals surface area contributed by atoms with E-state index in [0.29, 0.717) is 6.42 Å². The van der Waals surface area contributed by atoms with Crippen molar-refractivity contribution in [2.45, 2.75) is 69.8 Å². The van der Waals surface area contributed by atoms with Gasteiger partial charge in [0.2, 0.25) is 17.7 Å². The molecule has 0 fully saturated rings. The molecule has 35 heavy (non-hydrogen) atoms. The average molecular weight is 503 g/mol. The summed E-state index contributed by atoms with van der Waals surface area (Å²) in [4.78, 5) is 56.4. The second-order valence-corrected chi connectivity index (χ2v) is 7.86. The van der Waals surface area contributed by atoms with Crippen molar-refractivity contribution < 1.29 is 29.4 Å². The predicted molar refractivity (Wildman–Crippen MR) is 129 cm³/mol. The molecule has 16 heteroatoms. The quantitative estimate of drug-likeness (QED) is 0.0543. The summed E-state index contributed by atoms with van der Waals surface area (Å²) in [6.45, 7) is 2.94. The molecule has 5 atom stereocenters. The number of nitrogens with one attached hydrogen (secondary N) is 3. The van der Waals surface area contributed by atoms with E-state index < -0.39 is 54.0 Å². The normalized spacial score (nSPS) is 14.9. The van der Waals surface area contributed by atoms with E-state index in [-0.39, 0.29) is 44.3 Å². The molecule has 0 saturated carbocycles. The van der Waals surface area contributed by atoms with Crippen LogP contribution >= 0.6 is 0 Å². The number of carbonyl (C=O) groups is 4. The maximum absolute atomic E-state index is 12.8. The lowest BCUT2D eigenvalue weighted by molar-refractivity contribution is -0.142. The van der Waals surface area contributed by atoms with E-state index in [2.05, 4.69) is 25.9 Å². The van der Waals surface area contributed by atoms with Crippen LogP contribution in [0.25, 0.3) is 0 Å². The number of nitrogens with two attached hydrogens (primary N) is 5. The third kappa shape index (κ3) is 13.6. The van der Waals surface area contributed by atoms with E-state index in [0.717, 1.165) is 0 Å². The first-order valence-corrected chi connectivity index (χ1v) is 10.9. The SMILES string of the molecule is CC(NC(=O)C(CCCN=C(N)N)NC(=O)C(NC(=O)C(N)CCCN=C(N)N)C(C)O)C(=O)O. The first kappa shape index (κ1) is 31.3. The highest BCUT2D eigenvalue weighted by Crippen LogP contribution is 2.04. The van der Waals surface area contributed by atoms with Crippen LogP contribution in [0.4, 0.5) is 0 Å². The Morgan fingerprint density at radius 3 is 1.77 bits per heavy atom. The lowest BCUT2D eigenvalue weighted by Gasteiger charge is -2.26. The van der Waals surface area contributed by atoms with Crippen molar-refractivity contribution in [1.82, 2.24) is 16.0 Å². The Labute approximate surface area is 203 Å². The van der Waals surface area contributed by atoms with Gasteiger partial charge in [0, 0.05) is 13.1 Å². The van der Waals surface area contributed by atoms with Crippen LogP contribution < -0.4 is 44.6 Å². The molecule has 200 valence electrons. The van der Waals surface area contributed by atoms with Crippen LogP contribution in [-0.2, 0) is 19.2 Å². The monoisotopic (exact) mass is 502 g/mol. The zero-order chi connectivity index (χ0) is 27.1. The summed E-state index contributed by atoms with van der Waals surface area (Å²) in [7, 11) is 0. The number of carbonyl (C=O) groups excluding carboxylic acids is 3. The van der Waals surface area contributed by atoms with Crippen molar-refractivity contribution in [2.24, 2.45) is 38.7 Å². The van der Waals surface area contributed by atoms with E-state index in [1.54, 1.807) is 0 Å². The van der Waals surface area contributed by atoms with Crippen LogP contribution in [0.3, 0.4) is 0 Å². The molecule has 0 aromatic heterocycles. The Kier molecular flexibility index (Phi) is 14.4. The van der Waals surface area contributed by atoms with Crippen molar-refractivity contribution in [1.29, 1.82) is 0 Å². The molecule has 16 nitrogen and oxygen atoms in total. The highest BCUT2D eigenvalue weighted by atomic mass is 16.4. The molecule has 0 radical (unpaired) electrons. The standard InChI is InChI=1S/C19H38N10O6/c1-9(17(34)35)27-15(32)12(6-4-8-26-19(23)24)28-16(33)13(10(2)30)29-14(31)11(20)5-3-7-25-18(21)22/h9-13,30H,3-8,20H2,1-2H3,(H,27,32)(H,28,33)(H,29,31)(H,34,35)(H4,21,22,25)(H4,23,24,26). The van der Waals surface area contributed by atoms with E-state index in [4.69, 9.17) is 33.8 Å². The second-order valence-electron chi connectivity index (χ2n) is 7.86. The van der Waals surface area contributed by atoms with E-state index >= 15 is 0 Å². The topological polar surface area (TPSA) is 300 Å². The van der Waals surface area contributed by atoms with Gasteiger partial charge in [-0.3, -0.25) is 29.2 Å². The number of amides is 3. The van der Waals surface area contributed by atoms with Crippen LogP contribution in [0.15, 0.2) is 9.98 Å². The van der Waals surface area contributed by atoms with E-state index in [9.17, 15) is 24.3 Å². The molecule has 0 aromatic carbocycles. The van der Waals surface area contributed by atoms with Crippen molar-refractivity contribution in [3.05, 3.63) is 0 Å². The number of nitrogens with zero attached hydrogens (tertiary/aromatic N) is 2. The van der Waals surface area contributed by atoms with Crippen LogP contribution in [0, 0.1) is 0 Å². The van der Waals surface area contributed by atoms with Gasteiger partial charge in [-0.1, -0.05) is 0 Å². The van der Waals surface area contributed by atoms with Crippen molar-refractivity contribution >= 4 is 35.6 Å². The van der Waals surface area contributed by atoms with Gasteiger partial charge in [0.25, 0.3) is 0 Å². The molecule has 0 spiro atoms. The van der Waals surface area contributed by atoms with Gasteiger partial charge in [-0.25, -0.2) is 0 Å². The van der Waals surface area contributed by atoms with Gasteiger partial charge >= 0.3 is 5.97 Å². The number of aliphatic hydroxyl groups excluding tert-OH is 1. The van der Waals surface area contributed by atoms with Gasteiger partial charge in [-0.2, -0.15) is 0 Å². The number of hydrogen-bond donors (Lipinski definition) is 10. The Morgan fingerprint density at radius 2 is 1.31 bits per heavy atom. The minimum Gasteiger partial charge on any atom is -0.480 e. The average Bonchev–Trinajstić information content (AvgIpc) is 2.75. The molecule has 15 N–H and O–H groups in total. The number of aliphatic imine (C=N–C) groups is 2. The fourth-order valence-electron chi connectivity index (χ4n) is 2.73. The Bertz CT molecular complexity index is 780. The first-order chi connectivity index (χ1) is 16.3. The first-order valence-electron chi connectivity index (χ1n) is 10.9. The van der Waals surface area contributed by atoms with Crippen LogP contribution in [0.5, 0.6) is 0 Å². The fourth-order valence-corrected chi connectivity index (χ4v) is 2.73. The number of carboxylic acids is 1. The summed E-state index contributed by atoms with van der Waals surface area (Å²) in [5, 5.41) is 26.1. The van der Waals surface area contributed by atoms with Gasteiger partial charge < -0.3 is 54.8 Å². The van der Waals surface area contributed by atoms with E-state index in [1.165, 1.54) is 13.8 Å². The third-order valence-electron chi connectivity index (χ3n) is 4.67. The summed E-state index contributed by atoms with van der Waals surface area (Å²) >= 11 is 0. The Balaban J connectivity index is 5.27. The van der Waals surface area contributed by atoms with Crippen molar-refractivity contribution in [2.75, 3.05) is 13.1 Å². The largest absolute Gasteiger partial charge is 0.480 e. The summed E-state index contributed by atoms with van der Waals surface area (Å²) in [5.74, 6) is -3.86. The molecule has 0 heterocycles. The van der Waals surface area contributed by atoms with Crippen molar-refractivity contribution in [3.8, 4) is 0 Å². The number of carboxylic acid groups (broad SMARTS) is 1. The molecule has 0 rings (SSSR count). The molecule has 0 aromatic rings. The Morgan fingerprint density at radius 1 is 0.800 bits per heavy atom. The highest BCUT2D eigenvalue weighted by Gasteiger charge is 2.31. The van der Waals surface area contributed by atoms with E-state index in [1.807, 2.05) is 0 Å². The summed E-state index contributed by atoms with van der Waals surface area (Å²) in [5.41, 5.74) is 26.8. The summed E-state index contributed by atoms with van der Waals surface area (Å²) in [6.07, 6.45) is -0.413. The molecular weight excluding hydrogens is 464 g/mol. The molecule has 0 aliphatic rings. The van der Waals surface area contributed by atoms with Crippen LogP contribution in [0.1, 0.15) is 39.5 Å². The maximum Gasteiger partial charge on any atom is 0.325 e.